The van der Waals surface area contributed by atoms with Crippen molar-refractivity contribution in [3.05, 3.63) is 0 Å². The number of hydrogen-bond donors (Lipinski definition) is 4. The predicted molar refractivity (Wildman–Crippen MR) is 48.7 cm³/mol. The van der Waals surface area contributed by atoms with Crippen LogP contribution >= 0.6 is 0 Å². The molecule has 0 bridgehead atoms. The highest BCUT2D eigenvalue weighted by Crippen LogP contribution is 2.23. The Bertz CT molecular complexity index is 381. The van der Waals surface area contributed by atoms with Crippen LogP contribution in [-0.2, 0) is 48.8 Å². The molecule has 20 heavy (non-hydrogen) atoms. The molecule has 1 aliphatic rings. The van der Waals surface area contributed by atoms with E-state index >= 15 is 0 Å². The first kappa shape index (κ1) is 15.7. The van der Waals surface area contributed by atoms with E-state index in [0.29, 0.717) is 0 Å². The fraction of sp³-hybridized carbons (Fsp3) is 0.333. The minimum atomic E-state index is -3.12. The van der Waals surface area contributed by atoms with Crippen LogP contribution in [0.3, 0.4) is 0 Å². The molecule has 0 aromatic carbocycles. The molecule has 1 rings (SSSR count). The third-order valence-corrected chi connectivity index (χ3v) is 1.90. The van der Waals surface area contributed by atoms with E-state index in [1.807, 2.05) is 0 Å². The van der Waals surface area contributed by atoms with Gasteiger partial charge in [-0.25, -0.2) is 0 Å². The minimum absolute atomic E-state index is 1.64. The highest BCUT2D eigenvalue weighted by molar-refractivity contribution is 6.06. The monoisotopic (exact) mass is 296 g/mol. The predicted octanol–water partition coefficient (Wildman–Crippen LogP) is -4.91. The van der Waals surface area contributed by atoms with Gasteiger partial charge in [-0.1, -0.05) is 10.1 Å². The number of nitrogens with two attached hydrogens (primary N) is 4. The van der Waals surface area contributed by atoms with Crippen molar-refractivity contribution in [1.29, 1.82) is 0 Å². The van der Waals surface area contributed by atoms with Gasteiger partial charge in [-0.2, -0.15) is 0 Å². The number of carbonyl (C=O) groups excluding carboxylic acids is 4. The van der Waals surface area contributed by atoms with Gasteiger partial charge in [-0.05, 0) is 0 Å². The molecule has 0 radical (unpaired) electrons. The molecule has 0 aromatic heterocycles. The van der Waals surface area contributed by atoms with E-state index in [2.05, 4.69) is 29.6 Å². The van der Waals surface area contributed by atoms with Crippen molar-refractivity contribution in [3.63, 3.8) is 0 Å². The summed E-state index contributed by atoms with van der Waals surface area (Å²) in [4.78, 5) is 60.3. The number of rotatable bonds is 4. The average Bonchev–Trinajstić information content (AvgIpc) is 2.27. The lowest BCUT2D eigenvalue weighted by Gasteiger charge is -2.29. The molecule has 1 fully saturated rings. The molecule has 0 saturated carbocycles. The minimum Gasteiger partial charge on any atom is -0.364 e. The third kappa shape index (κ3) is 2.37. The van der Waals surface area contributed by atoms with Gasteiger partial charge in [-0.3, -0.25) is 19.2 Å². The van der Waals surface area contributed by atoms with Crippen LogP contribution < -0.4 is 22.9 Å². The number of amides is 4. The Balaban J connectivity index is 3.02. The summed E-state index contributed by atoms with van der Waals surface area (Å²) in [6.07, 6.45) is 0. The molecule has 0 spiro atoms. The molecule has 4 amide bonds. The normalized spacial score (nSPS) is 21.2. The van der Waals surface area contributed by atoms with Crippen molar-refractivity contribution in [3.8, 4) is 0 Å². The van der Waals surface area contributed by atoms with Crippen molar-refractivity contribution >= 4 is 23.6 Å². The summed E-state index contributed by atoms with van der Waals surface area (Å²) >= 11 is 0. The van der Waals surface area contributed by atoms with Crippen molar-refractivity contribution in [2.45, 2.75) is 11.6 Å². The van der Waals surface area contributed by atoms with Crippen LogP contribution in [0.25, 0.3) is 0 Å². The number of primary amides is 4. The van der Waals surface area contributed by atoms with E-state index in [-0.39, 0.29) is 0 Å². The van der Waals surface area contributed by atoms with Crippen LogP contribution in [-0.4, -0.2) is 35.2 Å². The molecule has 1 heterocycles. The second kappa shape index (κ2) is 5.33. The fourth-order valence-electron chi connectivity index (χ4n) is 0.825. The molecule has 0 unspecified atom stereocenters. The van der Waals surface area contributed by atoms with E-state index in [1.54, 1.807) is 0 Å². The van der Waals surface area contributed by atoms with Crippen LogP contribution in [0.2, 0.25) is 0 Å². The van der Waals surface area contributed by atoms with Crippen molar-refractivity contribution in [2.24, 2.45) is 22.9 Å². The summed E-state index contributed by atoms with van der Waals surface area (Å²) in [6.45, 7) is 0. The zero-order valence-electron chi connectivity index (χ0n) is 9.39. The summed E-state index contributed by atoms with van der Waals surface area (Å²) in [5.74, 6) is -12.8. The lowest BCUT2D eigenvalue weighted by atomic mass is 10.2. The van der Waals surface area contributed by atoms with Gasteiger partial charge in [-0.15, -0.1) is 19.6 Å². The molecule has 112 valence electrons. The van der Waals surface area contributed by atoms with Crippen LogP contribution in [0.5, 0.6) is 0 Å². The van der Waals surface area contributed by atoms with Crippen LogP contribution in [0.4, 0.5) is 0 Å². The molecular formula is C6H8N4O10. The summed E-state index contributed by atoms with van der Waals surface area (Å²) in [7, 11) is 0. The Hall–Kier alpha value is -2.36. The maximum absolute atomic E-state index is 11.0. The highest BCUT2D eigenvalue weighted by atomic mass is 17.6. The van der Waals surface area contributed by atoms with E-state index in [0.717, 1.165) is 0 Å². The molecule has 14 nitrogen and oxygen atoms in total. The van der Waals surface area contributed by atoms with Gasteiger partial charge in [0.1, 0.15) is 0 Å². The quantitative estimate of drug-likeness (QED) is 0.285. The topological polar surface area (TPSA) is 228 Å². The van der Waals surface area contributed by atoms with Gasteiger partial charge < -0.3 is 22.9 Å². The van der Waals surface area contributed by atoms with Crippen LogP contribution in [0.1, 0.15) is 0 Å². The van der Waals surface area contributed by atoms with Gasteiger partial charge >= 0.3 is 11.6 Å². The second-order valence-electron chi connectivity index (χ2n) is 3.16. The zero-order valence-corrected chi connectivity index (χ0v) is 9.39. The van der Waals surface area contributed by atoms with Crippen molar-refractivity contribution < 1.29 is 48.8 Å². The smallest absolute Gasteiger partial charge is 0.364 e. The van der Waals surface area contributed by atoms with Gasteiger partial charge in [0, 0.05) is 0 Å². The zero-order chi connectivity index (χ0) is 15.6. The Labute approximate surface area is 108 Å². The highest BCUT2D eigenvalue weighted by Gasteiger charge is 2.57. The molecule has 1 aliphatic heterocycles. The maximum Gasteiger partial charge on any atom is 0.392 e. The first-order valence-corrected chi connectivity index (χ1v) is 4.45. The third-order valence-electron chi connectivity index (χ3n) is 1.90. The Morgan fingerprint density at radius 2 is 0.750 bits per heavy atom. The molecule has 0 aliphatic carbocycles. The van der Waals surface area contributed by atoms with E-state index in [4.69, 9.17) is 22.9 Å². The first-order chi connectivity index (χ1) is 9.19. The molecule has 0 atom stereocenters. The second-order valence-corrected chi connectivity index (χ2v) is 3.16. The Kier molecular flexibility index (Phi) is 4.18. The van der Waals surface area contributed by atoms with Crippen molar-refractivity contribution in [1.82, 2.24) is 0 Å². The van der Waals surface area contributed by atoms with E-state index in [9.17, 15) is 19.2 Å². The van der Waals surface area contributed by atoms with E-state index < -0.39 is 35.2 Å². The average molecular weight is 296 g/mol. The SMILES string of the molecule is NC(=O)C1(C(N)=O)OOOC(C(N)=O)(C(N)=O)OOO1. The number of carbonyl (C=O) groups is 4. The first-order valence-electron chi connectivity index (χ1n) is 4.45. The molecule has 14 heteroatoms. The van der Waals surface area contributed by atoms with Crippen LogP contribution in [0.15, 0.2) is 0 Å². The summed E-state index contributed by atoms with van der Waals surface area (Å²) in [5, 5.41) is 7.64. The van der Waals surface area contributed by atoms with Gasteiger partial charge in [0.05, 0.1) is 0 Å². The van der Waals surface area contributed by atoms with Gasteiger partial charge in [0.2, 0.25) is 0 Å². The summed E-state index contributed by atoms with van der Waals surface area (Å²) in [6, 6.07) is 0. The van der Waals surface area contributed by atoms with Gasteiger partial charge in [0.25, 0.3) is 23.6 Å². The number of hydrogen-bond acceptors (Lipinski definition) is 10. The Morgan fingerprint density at radius 1 is 0.550 bits per heavy atom. The molecule has 1 saturated heterocycles. The molecule has 8 N–H and O–H groups in total. The maximum atomic E-state index is 11.0. The summed E-state index contributed by atoms with van der Waals surface area (Å²) < 4.78 is 0. The van der Waals surface area contributed by atoms with Crippen molar-refractivity contribution in [2.75, 3.05) is 0 Å². The lowest BCUT2D eigenvalue weighted by Crippen LogP contribution is -2.63. The van der Waals surface area contributed by atoms with E-state index in [1.165, 1.54) is 0 Å². The lowest BCUT2D eigenvalue weighted by molar-refractivity contribution is -0.700. The molecule has 0 aromatic rings. The van der Waals surface area contributed by atoms with Crippen LogP contribution in [0, 0.1) is 0 Å². The Morgan fingerprint density at radius 3 is 0.900 bits per heavy atom. The largest absolute Gasteiger partial charge is 0.392 e. The summed E-state index contributed by atoms with van der Waals surface area (Å²) in [5.41, 5.74) is 19.1. The molecular weight excluding hydrogens is 288 g/mol. The fourth-order valence-corrected chi connectivity index (χ4v) is 0.825. The van der Waals surface area contributed by atoms with Gasteiger partial charge in [0.15, 0.2) is 0 Å². The standard InChI is InChI=1S/C6H8N4O10/c7-1(11)5(2(8)12)15-19-17-6(3(9)13,4(10)14)18-20-16-5/h(H2,7,11)(H2,8,12)(H2,9,13)(H2,10,14).